The Labute approximate surface area is 303 Å². The largest absolute Gasteiger partial charge is 0.497 e. The minimum atomic E-state index is -0.821. The van der Waals surface area contributed by atoms with Crippen LogP contribution in [-0.4, -0.2) is 56.5 Å². The number of carboxylic acids is 1. The Kier molecular flexibility index (Phi) is 12.3. The third kappa shape index (κ3) is 9.32. The van der Waals surface area contributed by atoms with Crippen LogP contribution in [0.15, 0.2) is 42.5 Å². The Morgan fingerprint density at radius 2 is 1.40 bits per heavy atom. The number of methoxy groups -OCH3 is 1. The number of aliphatic carboxylic acids is 1. The normalized spacial score (nSPS) is 16.9. The number of fused-ring (bicyclic) bond motifs is 2. The van der Waals surface area contributed by atoms with Gasteiger partial charge in [-0.2, -0.15) is 10.2 Å². The molecule has 2 unspecified atom stereocenters. The zero-order valence-corrected chi connectivity index (χ0v) is 30.9. The van der Waals surface area contributed by atoms with Crippen LogP contribution in [0, 0.1) is 43.2 Å². The van der Waals surface area contributed by atoms with Crippen molar-refractivity contribution in [1.82, 2.24) is 19.6 Å². The summed E-state index contributed by atoms with van der Waals surface area (Å²) in [6, 6.07) is 10.2. The van der Waals surface area contributed by atoms with Crippen molar-refractivity contribution in [1.29, 1.82) is 0 Å². The third-order valence-electron chi connectivity index (χ3n) is 10.2. The monoisotopic (exact) mass is 717 g/mol. The maximum atomic E-state index is 13.9. The number of amides is 1. The molecule has 6 rings (SSSR count). The van der Waals surface area contributed by atoms with Crippen LogP contribution < -0.4 is 9.64 Å². The molecule has 1 N–H and O–H groups in total. The van der Waals surface area contributed by atoms with Gasteiger partial charge in [-0.1, -0.05) is 13.8 Å². The van der Waals surface area contributed by atoms with E-state index in [2.05, 4.69) is 24.0 Å². The number of benzene rings is 2. The van der Waals surface area contributed by atoms with E-state index in [0.29, 0.717) is 28.8 Å². The Balaban J connectivity index is 0.000000289. The van der Waals surface area contributed by atoms with Crippen molar-refractivity contribution < 1.29 is 33.0 Å². The fourth-order valence-electron chi connectivity index (χ4n) is 7.45. The molecule has 2 aromatic carbocycles. The molecule has 2 aliphatic carbocycles. The lowest BCUT2D eigenvalue weighted by Gasteiger charge is -2.24. The van der Waals surface area contributed by atoms with Crippen LogP contribution in [0.5, 0.6) is 5.75 Å². The minimum Gasteiger partial charge on any atom is -0.497 e. The van der Waals surface area contributed by atoms with Crippen molar-refractivity contribution >= 4 is 23.3 Å². The SMILES string of the molecule is COc1ccc(N(C)C(=O)[C@@H](CC(=O)Cn2nc(C)c3c2CC(C)CC3)Cc2cc(F)cc(F)c2)cc1.Cc1nn(CC(=O)O)c2c1CCC(C)C2. The fourth-order valence-corrected chi connectivity index (χ4v) is 7.45. The molecule has 4 aromatic rings. The number of aromatic nitrogens is 4. The molecule has 0 saturated heterocycles. The summed E-state index contributed by atoms with van der Waals surface area (Å²) in [4.78, 5) is 39.0. The first-order valence-electron chi connectivity index (χ1n) is 17.9. The molecule has 0 saturated carbocycles. The number of rotatable bonds is 11. The Morgan fingerprint density at radius 1 is 0.885 bits per heavy atom. The lowest BCUT2D eigenvalue weighted by molar-refractivity contribution is -0.138. The second kappa shape index (κ2) is 16.6. The van der Waals surface area contributed by atoms with Crippen molar-refractivity contribution in [2.75, 3.05) is 19.1 Å². The van der Waals surface area contributed by atoms with Crippen LogP contribution in [0.2, 0.25) is 0 Å². The van der Waals surface area contributed by atoms with Gasteiger partial charge < -0.3 is 14.7 Å². The molecule has 0 aliphatic heterocycles. The second-order valence-corrected chi connectivity index (χ2v) is 14.4. The average Bonchev–Trinajstić information content (AvgIpc) is 3.56. The Hall–Kier alpha value is -4.87. The predicted molar refractivity (Wildman–Crippen MR) is 194 cm³/mol. The summed E-state index contributed by atoms with van der Waals surface area (Å²) in [7, 11) is 3.19. The highest BCUT2D eigenvalue weighted by Crippen LogP contribution is 2.29. The highest BCUT2D eigenvalue weighted by molar-refractivity contribution is 5.97. The van der Waals surface area contributed by atoms with Crippen LogP contribution in [0.1, 0.15) is 72.6 Å². The van der Waals surface area contributed by atoms with E-state index in [9.17, 15) is 23.2 Å². The van der Waals surface area contributed by atoms with Gasteiger partial charge in [-0.3, -0.25) is 23.7 Å². The molecule has 52 heavy (non-hydrogen) atoms. The molecule has 10 nitrogen and oxygen atoms in total. The molecule has 278 valence electrons. The van der Waals surface area contributed by atoms with E-state index in [4.69, 9.17) is 9.84 Å². The number of aryl methyl sites for hydroxylation is 2. The number of ether oxygens (including phenoxy) is 1. The number of carbonyl (C=O) groups excluding carboxylic acids is 2. The average molecular weight is 718 g/mol. The van der Waals surface area contributed by atoms with Crippen LogP contribution in [0.3, 0.4) is 0 Å². The van der Waals surface area contributed by atoms with E-state index in [1.54, 1.807) is 47.8 Å². The molecule has 0 bridgehead atoms. The van der Waals surface area contributed by atoms with Gasteiger partial charge >= 0.3 is 5.97 Å². The van der Waals surface area contributed by atoms with Crippen LogP contribution in [0.4, 0.5) is 14.5 Å². The van der Waals surface area contributed by atoms with Gasteiger partial charge in [0.2, 0.25) is 5.91 Å². The molecule has 0 fully saturated rings. The molecule has 0 spiro atoms. The molecular formula is C40H49F2N5O5. The van der Waals surface area contributed by atoms with Crippen LogP contribution in [0.25, 0.3) is 0 Å². The Morgan fingerprint density at radius 3 is 1.90 bits per heavy atom. The predicted octanol–water partition coefficient (Wildman–Crippen LogP) is 6.49. The summed E-state index contributed by atoms with van der Waals surface area (Å²) >= 11 is 0. The van der Waals surface area contributed by atoms with E-state index in [1.165, 1.54) is 34.6 Å². The van der Waals surface area contributed by atoms with E-state index >= 15 is 0 Å². The summed E-state index contributed by atoms with van der Waals surface area (Å²) < 4.78 is 36.4. The molecule has 3 atom stereocenters. The van der Waals surface area contributed by atoms with Gasteiger partial charge in [0.05, 0.1) is 25.0 Å². The zero-order valence-electron chi connectivity index (χ0n) is 30.9. The van der Waals surface area contributed by atoms with Gasteiger partial charge in [-0.25, -0.2) is 8.78 Å². The highest BCUT2D eigenvalue weighted by atomic mass is 19.1. The second-order valence-electron chi connectivity index (χ2n) is 14.4. The van der Waals surface area contributed by atoms with Crippen molar-refractivity contribution in [3.63, 3.8) is 0 Å². The highest BCUT2D eigenvalue weighted by Gasteiger charge is 2.29. The zero-order chi connectivity index (χ0) is 37.7. The fraction of sp³-hybridized carbons (Fsp3) is 0.475. The summed E-state index contributed by atoms with van der Waals surface area (Å²) in [5.74, 6) is -1.71. The first kappa shape index (κ1) is 38.4. The van der Waals surface area contributed by atoms with Crippen molar-refractivity contribution in [3.05, 3.63) is 93.6 Å². The van der Waals surface area contributed by atoms with Crippen LogP contribution >= 0.6 is 0 Å². The first-order valence-corrected chi connectivity index (χ1v) is 17.9. The first-order chi connectivity index (χ1) is 24.7. The molecule has 0 radical (unpaired) electrons. The molecule has 2 heterocycles. The number of carboxylic acid groups (broad SMARTS) is 1. The number of carbonyl (C=O) groups is 3. The summed E-state index contributed by atoms with van der Waals surface area (Å²) in [5, 5.41) is 17.7. The lowest BCUT2D eigenvalue weighted by Crippen LogP contribution is -2.36. The van der Waals surface area contributed by atoms with E-state index in [-0.39, 0.29) is 37.6 Å². The number of Topliss-reactive ketones (excluding diaryl/α,β-unsaturated/α-hetero) is 1. The smallest absolute Gasteiger partial charge is 0.325 e. The van der Waals surface area contributed by atoms with Gasteiger partial charge in [-0.15, -0.1) is 0 Å². The maximum Gasteiger partial charge on any atom is 0.325 e. The number of anilines is 1. The minimum absolute atomic E-state index is 0.0110. The molecule has 2 aromatic heterocycles. The van der Waals surface area contributed by atoms with Gasteiger partial charge in [0.1, 0.15) is 23.9 Å². The maximum absolute atomic E-state index is 13.9. The van der Waals surface area contributed by atoms with E-state index < -0.39 is 23.5 Å². The summed E-state index contributed by atoms with van der Waals surface area (Å²) in [6.07, 6.45) is 6.09. The number of hydrogen-bond donors (Lipinski definition) is 1. The van der Waals surface area contributed by atoms with Crippen molar-refractivity contribution in [2.45, 2.75) is 92.2 Å². The topological polar surface area (TPSA) is 120 Å². The summed E-state index contributed by atoms with van der Waals surface area (Å²) in [5.41, 5.74) is 7.60. The van der Waals surface area contributed by atoms with Gasteiger partial charge in [0.15, 0.2) is 5.78 Å². The molecular weight excluding hydrogens is 668 g/mol. The lowest BCUT2D eigenvalue weighted by atomic mass is 9.88. The van der Waals surface area contributed by atoms with Gasteiger partial charge in [0, 0.05) is 42.5 Å². The third-order valence-corrected chi connectivity index (χ3v) is 10.2. The van der Waals surface area contributed by atoms with Gasteiger partial charge in [-0.05, 0) is 124 Å². The van der Waals surface area contributed by atoms with E-state index in [0.717, 1.165) is 60.9 Å². The number of nitrogens with zero attached hydrogens (tertiary/aromatic N) is 5. The van der Waals surface area contributed by atoms with E-state index in [1.807, 2.05) is 13.8 Å². The number of ketones is 1. The number of hydrogen-bond acceptors (Lipinski definition) is 6. The standard InChI is InChI=1S/C29H33F2N3O3.C11H16N2O2/c1-18-5-10-27-19(2)32-34(28(27)11-18)17-25(35)15-21(12-20-13-22(30)16-23(31)14-20)29(36)33(3)24-6-8-26(37-4)9-7-24;1-7-3-4-9-8(2)12-13(6-11(14)15)10(9)5-7/h6-9,13-14,16,18,21H,5,10-12,15,17H2,1-4H3;7H,3-6H2,1-2H3,(H,14,15)/t18?,21-;/m1./s1. The molecule has 12 heteroatoms. The number of halogens is 2. The Bertz CT molecular complexity index is 1900. The van der Waals surface area contributed by atoms with Crippen molar-refractivity contribution in [3.8, 4) is 5.75 Å². The molecule has 1 amide bonds. The van der Waals surface area contributed by atoms with Crippen LogP contribution in [-0.2, 0) is 59.6 Å². The van der Waals surface area contributed by atoms with Gasteiger partial charge in [0.25, 0.3) is 0 Å². The molecule has 2 aliphatic rings. The van der Waals surface area contributed by atoms with Crippen molar-refractivity contribution in [2.24, 2.45) is 17.8 Å². The summed E-state index contributed by atoms with van der Waals surface area (Å²) in [6.45, 7) is 8.38. The quantitative estimate of drug-likeness (QED) is 0.189.